The minimum Gasteiger partial charge on any atom is -0.326 e. The van der Waals surface area contributed by atoms with Gasteiger partial charge in [0, 0.05) is 36.1 Å². The zero-order valence-electron chi connectivity index (χ0n) is 10.6. The minimum atomic E-state index is 0.0212. The fraction of sp³-hybridized carbons (Fsp3) is 0.286. The van der Waals surface area contributed by atoms with Crippen LogP contribution in [0.3, 0.4) is 0 Å². The van der Waals surface area contributed by atoms with Crippen LogP contribution in [0.5, 0.6) is 0 Å². The summed E-state index contributed by atoms with van der Waals surface area (Å²) >= 11 is 5.58. The molecule has 0 aliphatic carbocycles. The van der Waals surface area contributed by atoms with E-state index in [0.29, 0.717) is 12.3 Å². The maximum absolute atomic E-state index is 11.7. The molecule has 1 aromatic carbocycles. The fourth-order valence-corrected chi connectivity index (χ4v) is 1.95. The number of hydrogen-bond acceptors (Lipinski definition) is 2. The number of carbonyl (C=O) groups is 1. The third-order valence-corrected chi connectivity index (χ3v) is 2.99. The highest BCUT2D eigenvalue weighted by Gasteiger charge is 2.03. The monoisotopic (exact) mass is 277 g/mol. The molecule has 0 unspecified atom stereocenters. The summed E-state index contributed by atoms with van der Waals surface area (Å²) < 4.78 is 1.89. The molecule has 5 heteroatoms. The summed E-state index contributed by atoms with van der Waals surface area (Å²) in [5.74, 6) is 0.622. The molecule has 0 spiro atoms. The number of nitrogens with one attached hydrogen (secondary N) is 1. The molecule has 0 saturated heterocycles. The minimum absolute atomic E-state index is 0.0212. The van der Waals surface area contributed by atoms with Crippen molar-refractivity contribution in [1.82, 2.24) is 9.55 Å². The van der Waals surface area contributed by atoms with E-state index in [4.69, 9.17) is 11.6 Å². The van der Waals surface area contributed by atoms with Crippen LogP contribution in [0, 0.1) is 0 Å². The van der Waals surface area contributed by atoms with Crippen molar-refractivity contribution in [2.45, 2.75) is 19.3 Å². The van der Waals surface area contributed by atoms with Crippen molar-refractivity contribution in [2.24, 2.45) is 0 Å². The van der Waals surface area contributed by atoms with E-state index in [2.05, 4.69) is 10.3 Å². The van der Waals surface area contributed by atoms with Crippen molar-refractivity contribution < 1.29 is 4.79 Å². The molecule has 2 rings (SSSR count). The predicted octanol–water partition coefficient (Wildman–Crippen LogP) is 3.22. The van der Waals surface area contributed by atoms with Crippen LogP contribution in [-0.2, 0) is 4.79 Å². The number of rotatable bonds is 6. The van der Waals surface area contributed by atoms with Crippen molar-refractivity contribution >= 4 is 23.2 Å². The van der Waals surface area contributed by atoms with Crippen LogP contribution < -0.4 is 5.32 Å². The number of amides is 1. The van der Waals surface area contributed by atoms with Crippen LogP contribution in [0.25, 0.3) is 5.69 Å². The number of benzene rings is 1. The van der Waals surface area contributed by atoms with Gasteiger partial charge in [-0.05, 0) is 31.0 Å². The molecule has 1 amide bonds. The molecule has 2 aromatic rings. The van der Waals surface area contributed by atoms with Crippen LogP contribution in [0.1, 0.15) is 19.3 Å². The standard InChI is InChI=1S/C14H16ClN3O/c15-7-2-1-6-14(19)17-12-4-3-5-13(10-12)18-9-8-16-11-18/h3-5,8-11H,1-2,6-7H2,(H,17,19). The van der Waals surface area contributed by atoms with Crippen LogP contribution in [0.4, 0.5) is 5.69 Å². The lowest BCUT2D eigenvalue weighted by Gasteiger charge is -2.07. The van der Waals surface area contributed by atoms with Gasteiger partial charge in [-0.3, -0.25) is 4.79 Å². The maximum atomic E-state index is 11.7. The predicted molar refractivity (Wildman–Crippen MR) is 76.8 cm³/mol. The highest BCUT2D eigenvalue weighted by molar-refractivity contribution is 6.17. The van der Waals surface area contributed by atoms with E-state index in [9.17, 15) is 4.79 Å². The largest absolute Gasteiger partial charge is 0.326 e. The Hall–Kier alpha value is -1.81. The smallest absolute Gasteiger partial charge is 0.224 e. The number of unbranched alkanes of at least 4 members (excludes halogenated alkanes) is 1. The Morgan fingerprint density at radius 2 is 2.26 bits per heavy atom. The quantitative estimate of drug-likeness (QED) is 0.651. The van der Waals surface area contributed by atoms with Crippen molar-refractivity contribution in [3.63, 3.8) is 0 Å². The number of halogens is 1. The summed E-state index contributed by atoms with van der Waals surface area (Å²) in [7, 11) is 0. The molecule has 1 N–H and O–H groups in total. The highest BCUT2D eigenvalue weighted by atomic mass is 35.5. The third kappa shape index (κ3) is 4.10. The van der Waals surface area contributed by atoms with Gasteiger partial charge in [-0.2, -0.15) is 0 Å². The van der Waals surface area contributed by atoms with Crippen molar-refractivity contribution in [2.75, 3.05) is 11.2 Å². The Morgan fingerprint density at radius 1 is 1.37 bits per heavy atom. The topological polar surface area (TPSA) is 46.9 Å². The molecule has 0 radical (unpaired) electrons. The molecule has 4 nitrogen and oxygen atoms in total. The van der Waals surface area contributed by atoms with Gasteiger partial charge in [0.05, 0.1) is 6.33 Å². The van der Waals surface area contributed by atoms with E-state index < -0.39 is 0 Å². The number of hydrogen-bond donors (Lipinski definition) is 1. The summed E-state index contributed by atoms with van der Waals surface area (Å²) in [6, 6.07) is 7.66. The molecular formula is C14H16ClN3O. The summed E-state index contributed by atoms with van der Waals surface area (Å²) in [4.78, 5) is 15.7. The summed E-state index contributed by atoms with van der Waals surface area (Å²) in [6.07, 6.45) is 7.49. The van der Waals surface area contributed by atoms with Gasteiger partial charge in [0.2, 0.25) is 5.91 Å². The molecule has 0 aliphatic heterocycles. The molecular weight excluding hydrogens is 262 g/mol. The first kappa shape index (κ1) is 13.6. The molecule has 1 heterocycles. The van der Waals surface area contributed by atoms with Crippen molar-refractivity contribution in [3.05, 3.63) is 43.0 Å². The van der Waals surface area contributed by atoms with Gasteiger partial charge in [-0.1, -0.05) is 6.07 Å². The molecule has 100 valence electrons. The van der Waals surface area contributed by atoms with Gasteiger partial charge < -0.3 is 9.88 Å². The molecule has 0 aliphatic rings. The van der Waals surface area contributed by atoms with E-state index in [0.717, 1.165) is 24.2 Å². The Morgan fingerprint density at radius 3 is 3.00 bits per heavy atom. The summed E-state index contributed by atoms with van der Waals surface area (Å²) in [6.45, 7) is 0. The second-order valence-electron chi connectivity index (χ2n) is 4.21. The van der Waals surface area contributed by atoms with Crippen LogP contribution in [-0.4, -0.2) is 21.3 Å². The zero-order chi connectivity index (χ0) is 13.5. The van der Waals surface area contributed by atoms with E-state index in [-0.39, 0.29) is 5.91 Å². The molecule has 0 fully saturated rings. The first-order valence-electron chi connectivity index (χ1n) is 6.24. The van der Waals surface area contributed by atoms with E-state index in [1.54, 1.807) is 12.5 Å². The number of nitrogens with zero attached hydrogens (tertiary/aromatic N) is 2. The Bertz CT molecular complexity index is 525. The Kier molecular flexibility index (Phi) is 4.98. The summed E-state index contributed by atoms with van der Waals surface area (Å²) in [5, 5.41) is 2.89. The number of aromatic nitrogens is 2. The van der Waals surface area contributed by atoms with Crippen LogP contribution in [0.15, 0.2) is 43.0 Å². The molecule has 0 bridgehead atoms. The first-order chi connectivity index (χ1) is 9.29. The molecule has 19 heavy (non-hydrogen) atoms. The summed E-state index contributed by atoms with van der Waals surface area (Å²) in [5.41, 5.74) is 1.76. The first-order valence-corrected chi connectivity index (χ1v) is 6.77. The van der Waals surface area contributed by atoms with Gasteiger partial charge >= 0.3 is 0 Å². The van der Waals surface area contributed by atoms with E-state index >= 15 is 0 Å². The molecule has 0 atom stereocenters. The SMILES string of the molecule is O=C(CCCCCl)Nc1cccc(-n2ccnc2)c1. The second kappa shape index (κ2) is 6.95. The number of anilines is 1. The van der Waals surface area contributed by atoms with Gasteiger partial charge in [0.15, 0.2) is 0 Å². The zero-order valence-corrected chi connectivity index (χ0v) is 11.3. The lowest BCUT2D eigenvalue weighted by Crippen LogP contribution is -2.11. The highest BCUT2D eigenvalue weighted by Crippen LogP contribution is 2.15. The number of alkyl halides is 1. The fourth-order valence-electron chi connectivity index (χ4n) is 1.76. The second-order valence-corrected chi connectivity index (χ2v) is 4.59. The average molecular weight is 278 g/mol. The maximum Gasteiger partial charge on any atom is 0.224 e. The normalized spacial score (nSPS) is 10.4. The van der Waals surface area contributed by atoms with Gasteiger partial charge in [-0.15, -0.1) is 11.6 Å². The van der Waals surface area contributed by atoms with Crippen LogP contribution >= 0.6 is 11.6 Å². The Balaban J connectivity index is 1.97. The lowest BCUT2D eigenvalue weighted by atomic mass is 10.2. The molecule has 1 aromatic heterocycles. The van der Waals surface area contributed by atoms with E-state index in [1.165, 1.54) is 0 Å². The third-order valence-electron chi connectivity index (χ3n) is 2.72. The van der Waals surface area contributed by atoms with Gasteiger partial charge in [-0.25, -0.2) is 4.98 Å². The van der Waals surface area contributed by atoms with Gasteiger partial charge in [0.25, 0.3) is 0 Å². The average Bonchev–Trinajstić information content (AvgIpc) is 2.93. The van der Waals surface area contributed by atoms with Crippen molar-refractivity contribution in [1.29, 1.82) is 0 Å². The van der Waals surface area contributed by atoms with Crippen molar-refractivity contribution in [3.8, 4) is 5.69 Å². The number of carbonyl (C=O) groups excluding carboxylic acids is 1. The van der Waals surface area contributed by atoms with E-state index in [1.807, 2.05) is 35.0 Å². The van der Waals surface area contributed by atoms with Crippen LogP contribution in [0.2, 0.25) is 0 Å². The Labute approximate surface area is 117 Å². The lowest BCUT2D eigenvalue weighted by molar-refractivity contribution is -0.116. The molecule has 0 saturated carbocycles. The number of imidazole rings is 1. The van der Waals surface area contributed by atoms with Gasteiger partial charge in [0.1, 0.15) is 0 Å².